The maximum atomic E-state index is 11.1. The number of carbonyl (C=O) groups excluding carboxylic acids is 1. The van der Waals surface area contributed by atoms with Gasteiger partial charge in [-0.25, -0.2) is 0 Å². The second-order valence-electron chi connectivity index (χ2n) is 4.65. The molecular formula is C13H18N2O2. The van der Waals surface area contributed by atoms with Gasteiger partial charge in [0, 0.05) is 12.6 Å². The first-order valence-corrected chi connectivity index (χ1v) is 5.90. The Morgan fingerprint density at radius 2 is 2.35 bits per heavy atom. The van der Waals surface area contributed by atoms with Crippen LogP contribution in [0.5, 0.6) is 5.75 Å². The van der Waals surface area contributed by atoms with E-state index in [1.165, 1.54) is 0 Å². The molecule has 0 aliphatic carbocycles. The summed E-state index contributed by atoms with van der Waals surface area (Å²) in [6.45, 7) is 3.68. The fraction of sp³-hybridized carbons (Fsp3) is 0.462. The second-order valence-corrected chi connectivity index (χ2v) is 4.65. The summed E-state index contributed by atoms with van der Waals surface area (Å²) in [5, 5.41) is 9.45. The van der Waals surface area contributed by atoms with Crippen LogP contribution in [0, 0.1) is 5.92 Å². The van der Waals surface area contributed by atoms with Crippen LogP contribution in [0.3, 0.4) is 0 Å². The van der Waals surface area contributed by atoms with Gasteiger partial charge in [-0.15, -0.1) is 0 Å². The van der Waals surface area contributed by atoms with Gasteiger partial charge < -0.3 is 10.8 Å². The SMILES string of the molecule is CC(c1cccc(O)c1)N1CCC(C(N)=O)C1. The molecule has 0 aromatic heterocycles. The molecule has 1 aromatic rings. The third kappa shape index (κ3) is 2.58. The van der Waals surface area contributed by atoms with Crippen LogP contribution in [0.2, 0.25) is 0 Å². The van der Waals surface area contributed by atoms with Crippen LogP contribution in [-0.2, 0) is 4.79 Å². The van der Waals surface area contributed by atoms with Crippen molar-refractivity contribution in [1.29, 1.82) is 0 Å². The number of hydrogen-bond acceptors (Lipinski definition) is 3. The van der Waals surface area contributed by atoms with Crippen molar-refractivity contribution in [3.05, 3.63) is 29.8 Å². The predicted molar refractivity (Wildman–Crippen MR) is 65.4 cm³/mol. The van der Waals surface area contributed by atoms with Crippen molar-refractivity contribution in [3.63, 3.8) is 0 Å². The third-order valence-corrected chi connectivity index (χ3v) is 3.52. The highest BCUT2D eigenvalue weighted by Gasteiger charge is 2.29. The molecule has 4 heteroatoms. The summed E-state index contributed by atoms with van der Waals surface area (Å²) in [5.41, 5.74) is 6.38. The first kappa shape index (κ1) is 11.9. The van der Waals surface area contributed by atoms with E-state index < -0.39 is 0 Å². The molecule has 4 nitrogen and oxygen atoms in total. The molecule has 1 aliphatic heterocycles. The summed E-state index contributed by atoms with van der Waals surface area (Å²) in [7, 11) is 0. The van der Waals surface area contributed by atoms with E-state index in [1.54, 1.807) is 12.1 Å². The monoisotopic (exact) mass is 234 g/mol. The molecule has 3 N–H and O–H groups in total. The highest BCUT2D eigenvalue weighted by atomic mass is 16.3. The lowest BCUT2D eigenvalue weighted by Crippen LogP contribution is -2.29. The minimum Gasteiger partial charge on any atom is -0.508 e. The Kier molecular flexibility index (Phi) is 3.33. The smallest absolute Gasteiger partial charge is 0.221 e. The van der Waals surface area contributed by atoms with Crippen LogP contribution >= 0.6 is 0 Å². The lowest BCUT2D eigenvalue weighted by atomic mass is 10.1. The Morgan fingerprint density at radius 1 is 1.59 bits per heavy atom. The lowest BCUT2D eigenvalue weighted by molar-refractivity contribution is -0.121. The highest BCUT2D eigenvalue weighted by Crippen LogP contribution is 2.28. The fourth-order valence-corrected chi connectivity index (χ4v) is 2.37. The highest BCUT2D eigenvalue weighted by molar-refractivity contribution is 5.77. The van der Waals surface area contributed by atoms with Gasteiger partial charge in [0.2, 0.25) is 5.91 Å². The van der Waals surface area contributed by atoms with Gasteiger partial charge >= 0.3 is 0 Å². The van der Waals surface area contributed by atoms with Gasteiger partial charge in [-0.05, 0) is 37.6 Å². The van der Waals surface area contributed by atoms with Crippen molar-refractivity contribution in [2.24, 2.45) is 11.7 Å². The number of primary amides is 1. The Morgan fingerprint density at radius 3 is 2.94 bits per heavy atom. The Labute approximate surface area is 101 Å². The van der Waals surface area contributed by atoms with Gasteiger partial charge in [0.15, 0.2) is 0 Å². The van der Waals surface area contributed by atoms with E-state index in [0.717, 1.165) is 18.5 Å². The molecule has 2 atom stereocenters. The van der Waals surface area contributed by atoms with E-state index in [-0.39, 0.29) is 23.6 Å². The molecule has 0 saturated carbocycles. The quantitative estimate of drug-likeness (QED) is 0.827. The molecule has 0 spiro atoms. The standard InChI is InChI=1S/C13H18N2O2/c1-9(10-3-2-4-12(16)7-10)15-6-5-11(8-15)13(14)17/h2-4,7,9,11,16H,5-6,8H2,1H3,(H2,14,17). The number of phenolic OH excluding ortho intramolecular Hbond substituents is 1. The molecule has 1 aromatic carbocycles. The number of benzene rings is 1. The van der Waals surface area contributed by atoms with Crippen molar-refractivity contribution in [3.8, 4) is 5.75 Å². The van der Waals surface area contributed by atoms with Crippen molar-refractivity contribution in [2.75, 3.05) is 13.1 Å². The minimum atomic E-state index is -0.212. The van der Waals surface area contributed by atoms with Gasteiger partial charge in [-0.1, -0.05) is 12.1 Å². The number of nitrogens with zero attached hydrogens (tertiary/aromatic N) is 1. The van der Waals surface area contributed by atoms with Gasteiger partial charge in [0.1, 0.15) is 5.75 Å². The number of likely N-dealkylation sites (tertiary alicyclic amines) is 1. The molecular weight excluding hydrogens is 216 g/mol. The molecule has 17 heavy (non-hydrogen) atoms. The number of nitrogens with two attached hydrogens (primary N) is 1. The summed E-state index contributed by atoms with van der Waals surface area (Å²) < 4.78 is 0. The maximum absolute atomic E-state index is 11.1. The van der Waals surface area contributed by atoms with Crippen LogP contribution < -0.4 is 5.73 Å². The van der Waals surface area contributed by atoms with Crippen LogP contribution in [0.4, 0.5) is 0 Å². The summed E-state index contributed by atoms with van der Waals surface area (Å²) in [6, 6.07) is 7.45. The Balaban J connectivity index is 2.06. The van der Waals surface area contributed by atoms with Crippen LogP contribution in [0.1, 0.15) is 24.9 Å². The first-order chi connectivity index (χ1) is 8.08. The molecule has 1 amide bonds. The van der Waals surface area contributed by atoms with E-state index in [0.29, 0.717) is 6.54 Å². The molecule has 2 unspecified atom stereocenters. The minimum absolute atomic E-state index is 0.0326. The van der Waals surface area contributed by atoms with E-state index in [1.807, 2.05) is 12.1 Å². The lowest BCUT2D eigenvalue weighted by Gasteiger charge is -2.24. The summed E-state index contributed by atoms with van der Waals surface area (Å²) in [5.74, 6) is 0.0327. The van der Waals surface area contributed by atoms with Crippen LogP contribution in [-0.4, -0.2) is 29.0 Å². The molecule has 2 rings (SSSR count). The zero-order valence-corrected chi connectivity index (χ0v) is 9.97. The number of carbonyl (C=O) groups is 1. The predicted octanol–water partition coefficient (Wildman–Crippen LogP) is 1.26. The van der Waals surface area contributed by atoms with Crippen LogP contribution in [0.25, 0.3) is 0 Å². The molecule has 92 valence electrons. The molecule has 0 bridgehead atoms. The molecule has 0 radical (unpaired) electrons. The number of aromatic hydroxyl groups is 1. The summed E-state index contributed by atoms with van der Waals surface area (Å²) >= 11 is 0. The number of amides is 1. The number of rotatable bonds is 3. The number of hydrogen-bond donors (Lipinski definition) is 2. The van der Waals surface area contributed by atoms with Crippen LogP contribution in [0.15, 0.2) is 24.3 Å². The van der Waals surface area contributed by atoms with Gasteiger partial charge in [0.25, 0.3) is 0 Å². The van der Waals surface area contributed by atoms with Gasteiger partial charge in [-0.3, -0.25) is 9.69 Å². The molecule has 1 aliphatic rings. The summed E-state index contributed by atoms with van der Waals surface area (Å²) in [4.78, 5) is 13.3. The first-order valence-electron chi connectivity index (χ1n) is 5.90. The Hall–Kier alpha value is -1.55. The van der Waals surface area contributed by atoms with E-state index >= 15 is 0 Å². The zero-order chi connectivity index (χ0) is 12.4. The van der Waals surface area contributed by atoms with Crippen molar-refractivity contribution >= 4 is 5.91 Å². The van der Waals surface area contributed by atoms with E-state index in [9.17, 15) is 9.90 Å². The average Bonchev–Trinajstić information content (AvgIpc) is 2.77. The zero-order valence-electron chi connectivity index (χ0n) is 9.97. The molecule has 1 saturated heterocycles. The largest absolute Gasteiger partial charge is 0.508 e. The van der Waals surface area contributed by atoms with E-state index in [4.69, 9.17) is 5.73 Å². The maximum Gasteiger partial charge on any atom is 0.221 e. The normalized spacial score (nSPS) is 22.5. The average molecular weight is 234 g/mol. The molecule has 1 heterocycles. The van der Waals surface area contributed by atoms with E-state index in [2.05, 4.69) is 11.8 Å². The van der Waals surface area contributed by atoms with Gasteiger partial charge in [-0.2, -0.15) is 0 Å². The van der Waals surface area contributed by atoms with Crippen molar-refractivity contribution in [1.82, 2.24) is 4.90 Å². The third-order valence-electron chi connectivity index (χ3n) is 3.52. The fourth-order valence-electron chi connectivity index (χ4n) is 2.37. The van der Waals surface area contributed by atoms with Crippen molar-refractivity contribution in [2.45, 2.75) is 19.4 Å². The summed E-state index contributed by atoms with van der Waals surface area (Å²) in [6.07, 6.45) is 0.832. The Bertz CT molecular complexity index is 420. The van der Waals surface area contributed by atoms with Crippen molar-refractivity contribution < 1.29 is 9.90 Å². The molecule has 1 fully saturated rings. The number of phenols is 1. The topological polar surface area (TPSA) is 66.6 Å². The van der Waals surface area contributed by atoms with Gasteiger partial charge in [0.05, 0.1) is 5.92 Å². The second kappa shape index (κ2) is 4.75.